The molecular weight excluding hydrogens is 224 g/mol. The molecule has 0 bridgehead atoms. The molecule has 0 aromatic carbocycles. The molecule has 0 aromatic heterocycles. The third kappa shape index (κ3) is 3.48. The van der Waals surface area contributed by atoms with E-state index < -0.39 is 0 Å². The molecular formula is C16H32O2. The number of unbranched alkanes of at least 4 members (excludes halogenated alkanes) is 3. The molecule has 0 spiro atoms. The minimum Gasteiger partial charge on any atom is -0.392 e. The molecule has 1 N–H and O–H groups in total. The van der Waals surface area contributed by atoms with Gasteiger partial charge in [0.05, 0.1) is 18.3 Å². The van der Waals surface area contributed by atoms with E-state index >= 15 is 0 Å². The van der Waals surface area contributed by atoms with Crippen LogP contribution < -0.4 is 0 Å². The average Bonchev–Trinajstić information content (AvgIpc) is 2.36. The average molecular weight is 256 g/mol. The van der Waals surface area contributed by atoms with Crippen molar-refractivity contribution in [3.8, 4) is 0 Å². The van der Waals surface area contributed by atoms with Gasteiger partial charge in [-0.15, -0.1) is 0 Å². The van der Waals surface area contributed by atoms with Crippen molar-refractivity contribution in [3.63, 3.8) is 0 Å². The van der Waals surface area contributed by atoms with Gasteiger partial charge in [0.1, 0.15) is 0 Å². The number of rotatable bonds is 9. The first-order chi connectivity index (χ1) is 8.60. The van der Waals surface area contributed by atoms with E-state index in [0.29, 0.717) is 6.10 Å². The lowest BCUT2D eigenvalue weighted by Crippen LogP contribution is -2.58. The third-order valence-electron chi connectivity index (χ3n) is 4.92. The van der Waals surface area contributed by atoms with Gasteiger partial charge in [0, 0.05) is 11.8 Å². The molecule has 2 heteroatoms. The van der Waals surface area contributed by atoms with E-state index in [1.54, 1.807) is 0 Å². The summed E-state index contributed by atoms with van der Waals surface area (Å²) in [6.07, 6.45) is 9.75. The molecule has 1 saturated carbocycles. The smallest absolute Gasteiger partial charge is 0.0684 e. The second-order valence-electron chi connectivity index (χ2n) is 5.98. The number of aliphatic hydroxyl groups is 1. The summed E-state index contributed by atoms with van der Waals surface area (Å²) < 4.78 is 6.17. The Balaban J connectivity index is 2.29. The van der Waals surface area contributed by atoms with E-state index in [1.165, 1.54) is 25.7 Å². The number of hydrogen-bond acceptors (Lipinski definition) is 2. The van der Waals surface area contributed by atoms with Crippen LogP contribution in [0.5, 0.6) is 0 Å². The third-order valence-corrected chi connectivity index (χ3v) is 4.92. The molecule has 3 atom stereocenters. The first-order valence-electron chi connectivity index (χ1n) is 7.94. The van der Waals surface area contributed by atoms with E-state index in [1.807, 2.05) is 0 Å². The van der Waals surface area contributed by atoms with Gasteiger partial charge in [-0.3, -0.25) is 0 Å². The summed E-state index contributed by atoms with van der Waals surface area (Å²) in [5, 5.41) is 10.0. The molecule has 0 amide bonds. The summed E-state index contributed by atoms with van der Waals surface area (Å²) in [7, 11) is 0. The highest BCUT2D eigenvalue weighted by Gasteiger charge is 2.53. The predicted octanol–water partition coefficient (Wildman–Crippen LogP) is 4.30. The van der Waals surface area contributed by atoms with Crippen molar-refractivity contribution >= 4 is 0 Å². The van der Waals surface area contributed by atoms with Crippen LogP contribution in [0.3, 0.4) is 0 Å². The molecule has 0 saturated heterocycles. The summed E-state index contributed by atoms with van der Waals surface area (Å²) in [5.74, 6) is 0. The van der Waals surface area contributed by atoms with E-state index in [2.05, 4.69) is 27.7 Å². The van der Waals surface area contributed by atoms with Crippen molar-refractivity contribution in [2.75, 3.05) is 0 Å². The maximum Gasteiger partial charge on any atom is 0.0684 e. The molecule has 0 aliphatic heterocycles. The zero-order valence-corrected chi connectivity index (χ0v) is 12.7. The molecule has 1 fully saturated rings. The van der Waals surface area contributed by atoms with Gasteiger partial charge in [-0.05, 0) is 26.2 Å². The Morgan fingerprint density at radius 3 is 2.33 bits per heavy atom. The van der Waals surface area contributed by atoms with Gasteiger partial charge >= 0.3 is 0 Å². The normalized spacial score (nSPS) is 27.8. The molecule has 1 aliphatic rings. The van der Waals surface area contributed by atoms with Gasteiger partial charge in [-0.25, -0.2) is 0 Å². The van der Waals surface area contributed by atoms with Gasteiger partial charge in [0.15, 0.2) is 0 Å². The molecule has 0 heterocycles. The Morgan fingerprint density at radius 2 is 1.83 bits per heavy atom. The van der Waals surface area contributed by atoms with E-state index in [4.69, 9.17) is 4.74 Å². The SMILES string of the molecule is CCCCCCC(C)OC1CC(O)C1(CC)CC. The first kappa shape index (κ1) is 16.0. The lowest BCUT2D eigenvalue weighted by molar-refractivity contribution is -0.211. The van der Waals surface area contributed by atoms with Gasteiger partial charge in [-0.2, -0.15) is 0 Å². The Labute approximate surface area is 113 Å². The van der Waals surface area contributed by atoms with Crippen LogP contribution in [0.2, 0.25) is 0 Å². The molecule has 3 unspecified atom stereocenters. The van der Waals surface area contributed by atoms with Crippen molar-refractivity contribution in [2.45, 2.75) is 97.4 Å². The topological polar surface area (TPSA) is 29.5 Å². The zero-order chi connectivity index (χ0) is 13.6. The van der Waals surface area contributed by atoms with Crippen LogP contribution in [0, 0.1) is 5.41 Å². The van der Waals surface area contributed by atoms with Gasteiger partial charge in [0.25, 0.3) is 0 Å². The summed E-state index contributed by atoms with van der Waals surface area (Å²) in [4.78, 5) is 0. The van der Waals surface area contributed by atoms with Crippen molar-refractivity contribution in [1.29, 1.82) is 0 Å². The van der Waals surface area contributed by atoms with Gasteiger partial charge in [0.2, 0.25) is 0 Å². The molecule has 108 valence electrons. The van der Waals surface area contributed by atoms with Crippen LogP contribution in [0.25, 0.3) is 0 Å². The molecule has 18 heavy (non-hydrogen) atoms. The highest BCUT2D eigenvalue weighted by molar-refractivity contribution is 5.02. The second kappa shape index (κ2) is 7.49. The summed E-state index contributed by atoms with van der Waals surface area (Å²) >= 11 is 0. The number of aliphatic hydroxyl groups excluding tert-OH is 1. The molecule has 1 aliphatic carbocycles. The van der Waals surface area contributed by atoms with Crippen molar-refractivity contribution < 1.29 is 9.84 Å². The van der Waals surface area contributed by atoms with Crippen molar-refractivity contribution in [1.82, 2.24) is 0 Å². The monoisotopic (exact) mass is 256 g/mol. The highest BCUT2D eigenvalue weighted by atomic mass is 16.5. The van der Waals surface area contributed by atoms with Crippen LogP contribution in [-0.2, 0) is 4.74 Å². The quantitative estimate of drug-likeness (QED) is 0.623. The fourth-order valence-electron chi connectivity index (χ4n) is 3.30. The highest BCUT2D eigenvalue weighted by Crippen LogP contribution is 2.49. The maximum absolute atomic E-state index is 10.0. The van der Waals surface area contributed by atoms with Crippen LogP contribution in [-0.4, -0.2) is 23.4 Å². The summed E-state index contributed by atoms with van der Waals surface area (Å²) in [6, 6.07) is 0. The van der Waals surface area contributed by atoms with Crippen molar-refractivity contribution in [2.24, 2.45) is 5.41 Å². The van der Waals surface area contributed by atoms with Crippen molar-refractivity contribution in [3.05, 3.63) is 0 Å². The number of ether oxygens (including phenoxy) is 1. The molecule has 0 radical (unpaired) electrons. The molecule has 1 rings (SSSR count). The van der Waals surface area contributed by atoms with Crippen LogP contribution >= 0.6 is 0 Å². The molecule has 0 aromatic rings. The zero-order valence-electron chi connectivity index (χ0n) is 12.7. The fraction of sp³-hybridized carbons (Fsp3) is 1.00. The first-order valence-corrected chi connectivity index (χ1v) is 7.94. The largest absolute Gasteiger partial charge is 0.392 e. The predicted molar refractivity (Wildman–Crippen MR) is 76.7 cm³/mol. The summed E-state index contributed by atoms with van der Waals surface area (Å²) in [5.41, 5.74) is 0.0394. The van der Waals surface area contributed by atoms with Gasteiger partial charge in [-0.1, -0.05) is 46.5 Å². The standard InChI is InChI=1S/C16H32O2/c1-5-8-9-10-11-13(4)18-15-12-14(17)16(15,6-2)7-3/h13-15,17H,5-12H2,1-4H3. The van der Waals surface area contributed by atoms with Crippen LogP contribution in [0.4, 0.5) is 0 Å². The lowest BCUT2D eigenvalue weighted by atomic mass is 9.60. The van der Waals surface area contributed by atoms with E-state index in [9.17, 15) is 5.11 Å². The fourth-order valence-corrected chi connectivity index (χ4v) is 3.30. The Bertz CT molecular complexity index is 223. The van der Waals surface area contributed by atoms with E-state index in [-0.39, 0.29) is 17.6 Å². The lowest BCUT2D eigenvalue weighted by Gasteiger charge is -2.53. The minimum absolute atomic E-state index is 0.0394. The summed E-state index contributed by atoms with van der Waals surface area (Å²) in [6.45, 7) is 8.78. The number of hydrogen-bond donors (Lipinski definition) is 1. The van der Waals surface area contributed by atoms with Gasteiger partial charge < -0.3 is 9.84 Å². The second-order valence-corrected chi connectivity index (χ2v) is 5.98. The Morgan fingerprint density at radius 1 is 1.17 bits per heavy atom. The van der Waals surface area contributed by atoms with E-state index in [0.717, 1.165) is 25.7 Å². The maximum atomic E-state index is 10.0. The Kier molecular flexibility index (Phi) is 6.65. The molecule has 2 nitrogen and oxygen atoms in total. The minimum atomic E-state index is -0.148. The Hall–Kier alpha value is -0.0800. The van der Waals surface area contributed by atoms with Crippen LogP contribution in [0.1, 0.15) is 79.1 Å². The van der Waals surface area contributed by atoms with Crippen LogP contribution in [0.15, 0.2) is 0 Å².